The Balaban J connectivity index is 0.945. The summed E-state index contributed by atoms with van der Waals surface area (Å²) in [6.07, 6.45) is 0. The van der Waals surface area contributed by atoms with Crippen molar-refractivity contribution in [2.75, 3.05) is 4.90 Å². The molecule has 2 aliphatic carbocycles. The summed E-state index contributed by atoms with van der Waals surface area (Å²) in [6, 6.07) is 79.0. The van der Waals surface area contributed by atoms with Gasteiger partial charge < -0.3 is 4.90 Å². The molecule has 0 bridgehead atoms. The van der Waals surface area contributed by atoms with Crippen LogP contribution in [0.25, 0.3) is 77.2 Å². The molecular weight excluding hydrogens is 759 g/mol. The molecule has 0 fully saturated rings. The fourth-order valence-corrected chi connectivity index (χ4v) is 11.1. The van der Waals surface area contributed by atoms with Crippen LogP contribution < -0.4 is 4.90 Å². The van der Waals surface area contributed by atoms with Crippen molar-refractivity contribution in [3.05, 3.63) is 235 Å². The molecule has 0 aliphatic heterocycles. The fourth-order valence-electron chi connectivity index (χ4n) is 11.1. The van der Waals surface area contributed by atoms with E-state index in [1.165, 1.54) is 99.4 Å². The Morgan fingerprint density at radius 2 is 0.778 bits per heavy atom. The lowest BCUT2D eigenvalue weighted by molar-refractivity contribution is 0.660. The molecule has 0 saturated carbocycles. The smallest absolute Gasteiger partial charge is 0.0468 e. The Hall–Kier alpha value is -7.48. The number of hydrogen-bond acceptors (Lipinski definition) is 1. The Bertz CT molecular complexity index is 3440. The zero-order valence-corrected chi connectivity index (χ0v) is 36.2. The summed E-state index contributed by atoms with van der Waals surface area (Å²) in [6.45, 7) is 9.46. The van der Waals surface area contributed by atoms with Gasteiger partial charge >= 0.3 is 0 Å². The average molecular weight is 806 g/mol. The van der Waals surface area contributed by atoms with Gasteiger partial charge in [-0.05, 0) is 142 Å². The lowest BCUT2D eigenvalue weighted by Gasteiger charge is -2.27. The Morgan fingerprint density at radius 1 is 0.286 bits per heavy atom. The van der Waals surface area contributed by atoms with Crippen LogP contribution in [0.1, 0.15) is 49.9 Å². The molecule has 0 N–H and O–H groups in total. The molecule has 0 heterocycles. The van der Waals surface area contributed by atoms with Crippen LogP contribution in [0.4, 0.5) is 17.1 Å². The van der Waals surface area contributed by atoms with Crippen LogP contribution in [0.15, 0.2) is 212 Å². The van der Waals surface area contributed by atoms with Gasteiger partial charge in [-0.2, -0.15) is 0 Å². The molecule has 0 saturated heterocycles. The van der Waals surface area contributed by atoms with Gasteiger partial charge in [-0.3, -0.25) is 0 Å². The van der Waals surface area contributed by atoms with Gasteiger partial charge in [-0.15, -0.1) is 0 Å². The molecule has 1 nitrogen and oxygen atoms in total. The molecule has 0 atom stereocenters. The molecule has 12 rings (SSSR count). The quantitative estimate of drug-likeness (QED) is 0.151. The van der Waals surface area contributed by atoms with Crippen LogP contribution in [-0.2, 0) is 10.8 Å². The van der Waals surface area contributed by atoms with E-state index in [1.54, 1.807) is 0 Å². The third-order valence-electron chi connectivity index (χ3n) is 14.3. The number of nitrogens with zero attached hydrogens (tertiary/aromatic N) is 1. The SMILES string of the molecule is CC1(C)c2ccccc2-c2ccc(-c3ccc(N(c4ccc(-c5ccccc5-c5cccc6c5C(C)(C)c5ccccc5-6)cc4)c4ccc5c(ccc6ccccc65)c4)cc3)cc21. The molecule has 63 heavy (non-hydrogen) atoms. The molecule has 0 unspecified atom stereocenters. The monoisotopic (exact) mass is 805 g/mol. The van der Waals surface area contributed by atoms with E-state index >= 15 is 0 Å². The normalized spacial score (nSPS) is 14.0. The highest BCUT2D eigenvalue weighted by molar-refractivity contribution is 6.08. The second kappa shape index (κ2) is 14.0. The van der Waals surface area contributed by atoms with Crippen LogP contribution in [0.2, 0.25) is 0 Å². The molecule has 0 amide bonds. The van der Waals surface area contributed by atoms with Crippen molar-refractivity contribution in [2.24, 2.45) is 0 Å². The lowest BCUT2D eigenvalue weighted by atomic mass is 9.78. The van der Waals surface area contributed by atoms with Crippen molar-refractivity contribution >= 4 is 38.6 Å². The third-order valence-corrected chi connectivity index (χ3v) is 14.3. The predicted molar refractivity (Wildman–Crippen MR) is 268 cm³/mol. The minimum atomic E-state index is -0.106. The van der Waals surface area contributed by atoms with Crippen molar-refractivity contribution in [1.29, 1.82) is 0 Å². The molecule has 10 aromatic rings. The number of fused-ring (bicyclic) bond motifs is 9. The second-order valence-corrected chi connectivity index (χ2v) is 18.5. The summed E-state index contributed by atoms with van der Waals surface area (Å²) in [7, 11) is 0. The van der Waals surface area contributed by atoms with E-state index in [1.807, 2.05) is 0 Å². The summed E-state index contributed by atoms with van der Waals surface area (Å²) < 4.78 is 0. The van der Waals surface area contributed by atoms with Crippen molar-refractivity contribution in [1.82, 2.24) is 0 Å². The zero-order valence-electron chi connectivity index (χ0n) is 36.2. The highest BCUT2D eigenvalue weighted by Crippen LogP contribution is 2.53. The van der Waals surface area contributed by atoms with Gasteiger partial charge in [-0.1, -0.05) is 198 Å². The van der Waals surface area contributed by atoms with Crippen LogP contribution in [0.3, 0.4) is 0 Å². The van der Waals surface area contributed by atoms with Gasteiger partial charge in [0.25, 0.3) is 0 Å². The summed E-state index contributed by atoms with van der Waals surface area (Å²) in [4.78, 5) is 2.40. The molecule has 1 heteroatoms. The van der Waals surface area contributed by atoms with Gasteiger partial charge in [0.05, 0.1) is 0 Å². The maximum Gasteiger partial charge on any atom is 0.0468 e. The van der Waals surface area contributed by atoms with E-state index in [4.69, 9.17) is 0 Å². The van der Waals surface area contributed by atoms with Crippen LogP contribution in [-0.4, -0.2) is 0 Å². The van der Waals surface area contributed by atoms with Crippen molar-refractivity contribution in [3.8, 4) is 55.6 Å². The van der Waals surface area contributed by atoms with Gasteiger partial charge in [0.1, 0.15) is 0 Å². The number of rotatable bonds is 6. The van der Waals surface area contributed by atoms with Gasteiger partial charge in [0.2, 0.25) is 0 Å². The lowest BCUT2D eigenvalue weighted by Crippen LogP contribution is -2.16. The molecular formula is C62H47N. The van der Waals surface area contributed by atoms with E-state index in [9.17, 15) is 0 Å². The van der Waals surface area contributed by atoms with E-state index in [0.717, 1.165) is 17.1 Å². The van der Waals surface area contributed by atoms with Crippen LogP contribution in [0.5, 0.6) is 0 Å². The van der Waals surface area contributed by atoms with E-state index in [-0.39, 0.29) is 10.8 Å². The third kappa shape index (κ3) is 5.76. The summed E-state index contributed by atoms with van der Waals surface area (Å²) in [5, 5.41) is 5.02. The minimum absolute atomic E-state index is 0.0453. The van der Waals surface area contributed by atoms with Crippen LogP contribution in [0, 0.1) is 0 Å². The average Bonchev–Trinajstić information content (AvgIpc) is 3.71. The van der Waals surface area contributed by atoms with E-state index < -0.39 is 0 Å². The fraction of sp³-hybridized carbons (Fsp3) is 0.0968. The molecule has 0 radical (unpaired) electrons. The van der Waals surface area contributed by atoms with Crippen molar-refractivity contribution in [3.63, 3.8) is 0 Å². The molecule has 10 aromatic carbocycles. The maximum atomic E-state index is 2.41. The van der Waals surface area contributed by atoms with Gasteiger partial charge in [-0.25, -0.2) is 0 Å². The summed E-state index contributed by atoms with van der Waals surface area (Å²) >= 11 is 0. The number of benzene rings is 10. The largest absolute Gasteiger partial charge is 0.310 e. The first-order chi connectivity index (χ1) is 30.8. The van der Waals surface area contributed by atoms with Gasteiger partial charge in [0, 0.05) is 27.9 Å². The highest BCUT2D eigenvalue weighted by Gasteiger charge is 2.38. The Labute approximate surface area is 370 Å². The maximum absolute atomic E-state index is 2.41. The van der Waals surface area contributed by atoms with Crippen molar-refractivity contribution < 1.29 is 0 Å². The first-order valence-electron chi connectivity index (χ1n) is 22.3. The highest BCUT2D eigenvalue weighted by atomic mass is 15.1. The zero-order chi connectivity index (χ0) is 42.5. The van der Waals surface area contributed by atoms with Crippen LogP contribution >= 0.6 is 0 Å². The van der Waals surface area contributed by atoms with Crippen molar-refractivity contribution in [2.45, 2.75) is 38.5 Å². The topological polar surface area (TPSA) is 3.24 Å². The Morgan fingerprint density at radius 3 is 1.51 bits per heavy atom. The molecule has 2 aliphatic rings. The minimum Gasteiger partial charge on any atom is -0.310 e. The summed E-state index contributed by atoms with van der Waals surface area (Å²) in [5.74, 6) is 0. The Kier molecular flexibility index (Phi) is 8.30. The molecule has 0 spiro atoms. The van der Waals surface area contributed by atoms with E-state index in [2.05, 4.69) is 245 Å². The predicted octanol–water partition coefficient (Wildman–Crippen LogP) is 17.1. The number of hydrogen-bond donors (Lipinski definition) is 0. The molecule has 300 valence electrons. The van der Waals surface area contributed by atoms with Gasteiger partial charge in [0.15, 0.2) is 0 Å². The first-order valence-corrected chi connectivity index (χ1v) is 22.3. The standard InChI is InChI=1S/C62H47N/c1-61(2)57-22-11-9-18-52(57)54-36-30-43(39-59(54)61)40-26-31-45(32-27-40)63(47-35-37-50-44(38-47)25-24-41-14-5-6-15-48(41)50)46-33-28-42(29-34-46)49-16-7-8-17-51(49)55-20-13-21-56-53-19-10-12-23-58(53)62(3,4)60(55)56/h5-39H,1-4H3. The second-order valence-electron chi connectivity index (χ2n) is 18.5. The summed E-state index contributed by atoms with van der Waals surface area (Å²) in [5.41, 5.74) is 21.6. The first kappa shape index (κ1) is 37.3. The number of anilines is 3. The molecule has 0 aromatic heterocycles. The van der Waals surface area contributed by atoms with E-state index in [0.29, 0.717) is 0 Å².